The summed E-state index contributed by atoms with van der Waals surface area (Å²) in [6.07, 6.45) is 17.8. The third-order valence-corrected chi connectivity index (χ3v) is 15.4. The van der Waals surface area contributed by atoms with Crippen LogP contribution in [0, 0.1) is 34.6 Å². The lowest BCUT2D eigenvalue weighted by molar-refractivity contribution is -0.362. The van der Waals surface area contributed by atoms with E-state index >= 15 is 8.63 Å². The van der Waals surface area contributed by atoms with Crippen LogP contribution in [0.4, 0.5) is 8.63 Å². The van der Waals surface area contributed by atoms with Gasteiger partial charge in [0.2, 0.25) is 0 Å². The molecule has 3 aliphatic heterocycles. The molecule has 4 nitrogen and oxygen atoms in total. The molecule has 0 spiro atoms. The van der Waals surface area contributed by atoms with Crippen molar-refractivity contribution in [2.75, 3.05) is 0 Å². The summed E-state index contributed by atoms with van der Waals surface area (Å²) in [4.78, 5) is 0. The highest BCUT2D eigenvalue weighted by Gasteiger charge is 2.52. The molecular weight excluding hydrogens is 593 g/mol. The van der Waals surface area contributed by atoms with Gasteiger partial charge in [-0.15, -0.1) is 0 Å². The molecule has 0 saturated heterocycles. The van der Waals surface area contributed by atoms with Gasteiger partial charge in [0.15, 0.2) is 5.70 Å². The van der Waals surface area contributed by atoms with Gasteiger partial charge in [-0.3, -0.25) is 0 Å². The first-order chi connectivity index (χ1) is 21.4. The van der Waals surface area contributed by atoms with Crippen LogP contribution in [-0.4, -0.2) is 35.6 Å². The lowest BCUT2D eigenvalue weighted by Crippen LogP contribution is -2.50. The van der Waals surface area contributed by atoms with Crippen LogP contribution in [0.3, 0.4) is 0 Å². The van der Waals surface area contributed by atoms with E-state index in [1.165, 1.54) is 31.2 Å². The van der Waals surface area contributed by atoms with Crippen molar-refractivity contribution in [2.45, 2.75) is 137 Å². The van der Waals surface area contributed by atoms with Gasteiger partial charge in [0, 0.05) is 35.9 Å². The van der Waals surface area contributed by atoms with E-state index in [1.54, 1.807) is 6.92 Å². The summed E-state index contributed by atoms with van der Waals surface area (Å²) < 4.78 is 47.4. The predicted molar refractivity (Wildman–Crippen MR) is 192 cm³/mol. The van der Waals surface area contributed by atoms with Crippen LogP contribution in [0.1, 0.15) is 112 Å². The van der Waals surface area contributed by atoms with Crippen molar-refractivity contribution in [3.05, 3.63) is 75.3 Å². The molecule has 0 radical (unpaired) electrons. The minimum atomic E-state index is -3.87. The first-order valence-corrected chi connectivity index (χ1v) is 20.2. The average molecular weight is 649 g/mol. The molecule has 1 aromatic heterocycles. The van der Waals surface area contributed by atoms with Crippen molar-refractivity contribution < 1.29 is 22.3 Å². The van der Waals surface area contributed by atoms with Crippen molar-refractivity contribution in [3.63, 3.8) is 0 Å². The van der Waals surface area contributed by atoms with Gasteiger partial charge in [-0.25, -0.2) is 0 Å². The second-order valence-electron chi connectivity index (χ2n) is 15.7. The zero-order valence-corrected chi connectivity index (χ0v) is 31.2. The van der Waals surface area contributed by atoms with Crippen LogP contribution in [0.25, 0.3) is 6.08 Å². The summed E-state index contributed by atoms with van der Waals surface area (Å²) in [5, 5.41) is 0.141. The fourth-order valence-corrected chi connectivity index (χ4v) is 8.20. The maximum atomic E-state index is 15.7. The van der Waals surface area contributed by atoms with Crippen molar-refractivity contribution in [1.29, 1.82) is 0 Å². The maximum Gasteiger partial charge on any atom is 0.737 e. The van der Waals surface area contributed by atoms with E-state index < -0.39 is 15.3 Å². The van der Waals surface area contributed by atoms with Gasteiger partial charge in [-0.1, -0.05) is 39.7 Å². The van der Waals surface area contributed by atoms with Gasteiger partial charge in [0.05, 0.1) is 0 Å². The monoisotopic (exact) mass is 648 g/mol. The Balaban J connectivity index is 1.14. The van der Waals surface area contributed by atoms with E-state index in [0.717, 1.165) is 67.7 Å². The Hall–Kier alpha value is -2.87. The summed E-state index contributed by atoms with van der Waals surface area (Å²) >= 11 is 0. The minimum absolute atomic E-state index is 0.141. The van der Waals surface area contributed by atoms with Crippen LogP contribution in [0.5, 0.6) is 11.5 Å². The number of aryl methyl sites for hydroxylation is 2. The number of halogens is 2. The molecule has 0 amide bonds. The number of ether oxygens (including phenoxy) is 1. The van der Waals surface area contributed by atoms with Gasteiger partial charge in [0.25, 0.3) is 8.32 Å². The molecule has 1 aromatic carbocycles. The molecule has 4 heterocycles. The van der Waals surface area contributed by atoms with Gasteiger partial charge in [0.1, 0.15) is 22.8 Å². The third-order valence-electron chi connectivity index (χ3n) is 11.1. The van der Waals surface area contributed by atoms with Crippen LogP contribution < -0.4 is 9.16 Å². The molecule has 0 unspecified atom stereocenters. The van der Waals surface area contributed by atoms with Crippen molar-refractivity contribution in [3.8, 4) is 11.5 Å². The third kappa shape index (κ3) is 6.23. The molecule has 0 saturated carbocycles. The number of benzene rings is 1. The Kier molecular flexibility index (Phi) is 9.21. The van der Waals surface area contributed by atoms with E-state index in [2.05, 4.69) is 73.7 Å². The summed E-state index contributed by atoms with van der Waals surface area (Å²) in [5.41, 5.74) is 8.07. The predicted octanol–water partition coefficient (Wildman–Crippen LogP) is 10.7. The van der Waals surface area contributed by atoms with E-state index in [4.69, 9.17) is 9.16 Å². The normalized spacial score (nSPS) is 20.5. The topological polar surface area (TPSA) is 26.4 Å². The second-order valence-corrected chi connectivity index (χ2v) is 20.4. The van der Waals surface area contributed by atoms with Crippen LogP contribution in [-0.2, 0) is 6.42 Å². The molecule has 5 rings (SSSR count). The highest BCUT2D eigenvalue weighted by atomic mass is 28.4. The van der Waals surface area contributed by atoms with Gasteiger partial charge in [-0.2, -0.15) is 0 Å². The highest BCUT2D eigenvalue weighted by molar-refractivity contribution is 6.74. The largest absolute Gasteiger partial charge is 0.737 e. The standard InChI is InChI=1S/C38H55BF2N2O2Si/c1-26-24-27(2)42-34(26)25-32-20-19-31(43(32)39(42,40)41)18-16-14-12-13-15-17-22-38(9)23-21-33-30(5)35(28(3)29(4)36(33)44-38)45-46(10,11)37(6,7)8/h17,19-20,22,24-25H,12-16,18,21,23H2,1-11H3/b22-17+/t38-/m1/s1. The molecule has 0 N–H and O–H groups in total. The zero-order valence-electron chi connectivity index (χ0n) is 30.2. The van der Waals surface area contributed by atoms with Crippen molar-refractivity contribution in [2.24, 2.45) is 0 Å². The second kappa shape index (κ2) is 12.3. The summed E-state index contributed by atoms with van der Waals surface area (Å²) in [6, 6.07) is 1.85. The number of hydrogen-bond donors (Lipinski definition) is 0. The number of aromatic nitrogens is 1. The van der Waals surface area contributed by atoms with E-state index in [0.29, 0.717) is 23.5 Å². The van der Waals surface area contributed by atoms with E-state index in [-0.39, 0.29) is 10.6 Å². The molecule has 0 fully saturated rings. The molecule has 0 bridgehead atoms. The lowest BCUT2D eigenvalue weighted by Gasteiger charge is -2.40. The summed E-state index contributed by atoms with van der Waals surface area (Å²) in [6.45, 7) is 20.0. The van der Waals surface area contributed by atoms with Gasteiger partial charge >= 0.3 is 6.97 Å². The molecular formula is C38H55BF2N2O2Si. The Morgan fingerprint density at radius 3 is 2.41 bits per heavy atom. The maximum absolute atomic E-state index is 15.7. The summed E-state index contributed by atoms with van der Waals surface area (Å²) in [7, 11) is -1.96. The Bertz CT molecular complexity index is 1660. The zero-order chi connectivity index (χ0) is 33.8. The molecule has 2 aromatic rings. The number of hydrogen-bond acceptors (Lipinski definition) is 2. The fraction of sp³-hybridized carbons (Fsp3) is 0.553. The number of rotatable bonds is 10. The molecule has 46 heavy (non-hydrogen) atoms. The average Bonchev–Trinajstić information content (AvgIpc) is 3.51. The molecule has 0 aliphatic carbocycles. The smallest absolute Gasteiger partial charge is 0.543 e. The first kappa shape index (κ1) is 34.5. The number of allylic oxidation sites excluding steroid dienone is 3. The first-order valence-electron chi connectivity index (χ1n) is 17.3. The highest BCUT2D eigenvalue weighted by Crippen LogP contribution is 2.47. The number of fused-ring (bicyclic) bond motifs is 3. The Morgan fingerprint density at radius 2 is 1.72 bits per heavy atom. The van der Waals surface area contributed by atoms with Crippen LogP contribution >= 0.6 is 0 Å². The Labute approximate surface area is 277 Å². The molecule has 3 aliphatic rings. The minimum Gasteiger partial charge on any atom is -0.543 e. The molecule has 250 valence electrons. The molecule has 8 heteroatoms. The quantitative estimate of drug-likeness (QED) is 0.146. The van der Waals surface area contributed by atoms with Crippen molar-refractivity contribution in [1.82, 2.24) is 4.48 Å². The number of unbranched alkanes of at least 4 members (excludes halogenated alkanes) is 4. The Morgan fingerprint density at radius 1 is 1.02 bits per heavy atom. The number of nitrogens with zero attached hydrogens (tertiary/aromatic N) is 2. The van der Waals surface area contributed by atoms with E-state index in [9.17, 15) is 0 Å². The van der Waals surface area contributed by atoms with Gasteiger partial charge in [-0.05, 0) is 132 Å². The van der Waals surface area contributed by atoms with Crippen LogP contribution in [0.15, 0.2) is 36.1 Å². The van der Waals surface area contributed by atoms with E-state index in [1.807, 2.05) is 31.2 Å². The fourth-order valence-electron chi connectivity index (χ4n) is 7.08. The van der Waals surface area contributed by atoms with Crippen molar-refractivity contribution >= 4 is 27.1 Å². The van der Waals surface area contributed by atoms with Gasteiger partial charge < -0.3 is 26.8 Å². The SMILES string of the molecule is Cc1cc(C)n2c1C=C1C=CC(CCCCCC/C=C/[C@]3(C)CCc4c(C)c(O[Si](C)(C)C(C)(C)C)c(C)c(C)c4O3)=[N+]1[B-]2(F)F. The molecule has 1 atom stereocenters. The van der Waals surface area contributed by atoms with Crippen LogP contribution in [0.2, 0.25) is 18.1 Å². The summed E-state index contributed by atoms with van der Waals surface area (Å²) in [5.74, 6) is 2.10. The lowest BCUT2D eigenvalue weighted by atomic mass is 9.87.